The minimum Gasteiger partial charge on any atom is -1.00 e. The van der Waals surface area contributed by atoms with Crippen LogP contribution in [0.4, 0.5) is 0 Å². The molecule has 0 saturated heterocycles. The molecule has 1 aromatic carbocycles. The first-order chi connectivity index (χ1) is 4.86. The van der Waals surface area contributed by atoms with Gasteiger partial charge in [0.15, 0.2) is 0 Å². The van der Waals surface area contributed by atoms with E-state index in [0.29, 0.717) is 11.5 Å². The van der Waals surface area contributed by atoms with E-state index < -0.39 is 0 Å². The Hall–Kier alpha value is -0.124. The van der Waals surface area contributed by atoms with Gasteiger partial charge >= 0.3 is 23.1 Å². The van der Waals surface area contributed by atoms with E-state index in [4.69, 9.17) is 9.47 Å². The predicted octanol–water partition coefficient (Wildman–Crippen LogP) is -1.87. The zero-order valence-corrected chi connectivity index (χ0v) is 9.30. The molecule has 0 saturated carbocycles. The van der Waals surface area contributed by atoms with Crippen molar-refractivity contribution < 1.29 is 21.9 Å². The standard InChI is InChI=1S/C8H9O2.ClH.Mg/c1-9-7-4-3-5-8(6-7)10-2;;/h3-5H,1-2H3;1H;/q-1;;+2/p-1. The van der Waals surface area contributed by atoms with Crippen LogP contribution >= 0.6 is 0 Å². The largest absolute Gasteiger partial charge is 2.00 e. The van der Waals surface area contributed by atoms with Crippen LogP contribution in [-0.2, 0) is 0 Å². The normalized spacial score (nSPS) is 7.50. The fraction of sp³-hybridized carbons (Fsp3) is 0.250. The molecule has 62 valence electrons. The molecule has 0 N–H and O–H groups in total. The molecule has 0 aliphatic rings. The average Bonchev–Trinajstić information content (AvgIpc) is 2.05. The molecule has 1 rings (SSSR count). The fourth-order valence-electron chi connectivity index (χ4n) is 0.666. The van der Waals surface area contributed by atoms with Crippen LogP contribution in [0.2, 0.25) is 0 Å². The maximum absolute atomic E-state index is 4.92. The van der Waals surface area contributed by atoms with Crippen LogP contribution in [0.3, 0.4) is 0 Å². The zero-order valence-electron chi connectivity index (χ0n) is 7.13. The Bertz CT molecular complexity index is 199. The Balaban J connectivity index is 0. The molecule has 12 heavy (non-hydrogen) atoms. The smallest absolute Gasteiger partial charge is 1.00 e. The van der Waals surface area contributed by atoms with Crippen molar-refractivity contribution in [2.24, 2.45) is 0 Å². The van der Waals surface area contributed by atoms with Crippen LogP contribution < -0.4 is 21.9 Å². The number of hydrogen-bond donors (Lipinski definition) is 0. The monoisotopic (exact) mass is 196 g/mol. The molecule has 0 aliphatic carbocycles. The van der Waals surface area contributed by atoms with Gasteiger partial charge in [-0.15, -0.1) is 12.1 Å². The molecule has 0 unspecified atom stereocenters. The molecule has 0 radical (unpaired) electrons. The average molecular weight is 197 g/mol. The SMILES string of the molecule is COc1[c-]c(OC)ccc1.[Cl-].[Mg+2]. The zero-order chi connectivity index (χ0) is 7.40. The molecule has 1 aromatic rings. The Labute approximate surface area is 94.8 Å². The number of hydrogen-bond acceptors (Lipinski definition) is 2. The van der Waals surface area contributed by atoms with Crippen LogP contribution in [0.5, 0.6) is 11.5 Å². The summed E-state index contributed by atoms with van der Waals surface area (Å²) in [6.07, 6.45) is 0. The molecule has 4 heteroatoms. The summed E-state index contributed by atoms with van der Waals surface area (Å²) in [5.41, 5.74) is 0. The maximum atomic E-state index is 4.92. The van der Waals surface area contributed by atoms with Crippen molar-refractivity contribution in [2.45, 2.75) is 0 Å². The molecular weight excluding hydrogens is 188 g/mol. The van der Waals surface area contributed by atoms with Crippen molar-refractivity contribution in [3.8, 4) is 11.5 Å². The summed E-state index contributed by atoms with van der Waals surface area (Å²) in [6, 6.07) is 8.40. The minimum absolute atomic E-state index is 0. The van der Waals surface area contributed by atoms with Crippen LogP contribution in [0.25, 0.3) is 0 Å². The molecule has 0 heterocycles. The third kappa shape index (κ3) is 4.04. The Morgan fingerprint density at radius 2 is 1.50 bits per heavy atom. The fourth-order valence-corrected chi connectivity index (χ4v) is 0.666. The van der Waals surface area contributed by atoms with Crippen molar-refractivity contribution in [1.82, 2.24) is 0 Å². The van der Waals surface area contributed by atoms with Crippen molar-refractivity contribution in [2.75, 3.05) is 14.2 Å². The van der Waals surface area contributed by atoms with E-state index in [1.54, 1.807) is 14.2 Å². The Kier molecular flexibility index (Phi) is 9.03. The summed E-state index contributed by atoms with van der Waals surface area (Å²) in [4.78, 5) is 0. The van der Waals surface area contributed by atoms with Crippen molar-refractivity contribution in [3.63, 3.8) is 0 Å². The van der Waals surface area contributed by atoms with Gasteiger partial charge in [0, 0.05) is 11.5 Å². The summed E-state index contributed by atoms with van der Waals surface area (Å²) in [5, 5.41) is 0. The first-order valence-corrected chi connectivity index (χ1v) is 2.97. The third-order valence-corrected chi connectivity index (χ3v) is 1.18. The number of halogens is 1. The molecular formula is C8H9ClMgO2. The van der Waals surface area contributed by atoms with Gasteiger partial charge in [-0.25, -0.2) is 0 Å². The van der Waals surface area contributed by atoms with E-state index in [2.05, 4.69) is 6.07 Å². The van der Waals surface area contributed by atoms with Gasteiger partial charge in [-0.1, -0.05) is 6.07 Å². The minimum atomic E-state index is 0. The van der Waals surface area contributed by atoms with E-state index in [1.165, 1.54) is 0 Å². The third-order valence-electron chi connectivity index (χ3n) is 1.18. The molecule has 0 spiro atoms. The summed E-state index contributed by atoms with van der Waals surface area (Å²) in [6.45, 7) is 0. The van der Waals surface area contributed by atoms with E-state index in [0.717, 1.165) is 0 Å². The van der Waals surface area contributed by atoms with Crippen LogP contribution in [0.15, 0.2) is 18.2 Å². The Morgan fingerprint density at radius 3 is 1.83 bits per heavy atom. The second-order valence-electron chi connectivity index (χ2n) is 1.79. The number of methoxy groups -OCH3 is 2. The van der Waals surface area contributed by atoms with Gasteiger partial charge in [0.1, 0.15) is 0 Å². The van der Waals surface area contributed by atoms with Gasteiger partial charge in [0.25, 0.3) is 0 Å². The van der Waals surface area contributed by atoms with E-state index >= 15 is 0 Å². The molecule has 0 amide bonds. The van der Waals surface area contributed by atoms with Crippen LogP contribution in [0.1, 0.15) is 0 Å². The van der Waals surface area contributed by atoms with Gasteiger partial charge < -0.3 is 21.9 Å². The van der Waals surface area contributed by atoms with Crippen LogP contribution in [0, 0.1) is 6.07 Å². The van der Waals surface area contributed by atoms with Gasteiger partial charge in [0.05, 0.1) is 14.2 Å². The van der Waals surface area contributed by atoms with Crippen molar-refractivity contribution >= 4 is 23.1 Å². The number of ether oxygens (including phenoxy) is 2. The molecule has 0 aromatic heterocycles. The van der Waals surface area contributed by atoms with E-state index in [1.807, 2.05) is 18.2 Å². The second-order valence-corrected chi connectivity index (χ2v) is 1.79. The van der Waals surface area contributed by atoms with Gasteiger partial charge in [-0.05, 0) is 0 Å². The Morgan fingerprint density at radius 1 is 1.08 bits per heavy atom. The summed E-state index contributed by atoms with van der Waals surface area (Å²) in [5.74, 6) is 1.39. The summed E-state index contributed by atoms with van der Waals surface area (Å²) >= 11 is 0. The van der Waals surface area contributed by atoms with E-state index in [9.17, 15) is 0 Å². The van der Waals surface area contributed by atoms with E-state index in [-0.39, 0.29) is 35.5 Å². The molecule has 0 aliphatic heterocycles. The quantitative estimate of drug-likeness (QED) is 0.408. The first-order valence-electron chi connectivity index (χ1n) is 2.97. The van der Waals surface area contributed by atoms with Crippen LogP contribution in [-0.4, -0.2) is 37.3 Å². The van der Waals surface area contributed by atoms with Crippen molar-refractivity contribution in [1.29, 1.82) is 0 Å². The summed E-state index contributed by atoms with van der Waals surface area (Å²) in [7, 11) is 3.20. The predicted molar refractivity (Wildman–Crippen MR) is 44.1 cm³/mol. The molecule has 0 bridgehead atoms. The molecule has 0 fully saturated rings. The molecule has 2 nitrogen and oxygen atoms in total. The first kappa shape index (κ1) is 14.4. The van der Waals surface area contributed by atoms with Crippen molar-refractivity contribution in [3.05, 3.63) is 24.3 Å². The molecule has 0 atom stereocenters. The second kappa shape index (κ2) is 7.52. The summed E-state index contributed by atoms with van der Waals surface area (Å²) < 4.78 is 9.84. The van der Waals surface area contributed by atoms with Gasteiger partial charge in [-0.2, -0.15) is 6.07 Å². The topological polar surface area (TPSA) is 18.5 Å². The van der Waals surface area contributed by atoms with Gasteiger partial charge in [-0.3, -0.25) is 0 Å². The van der Waals surface area contributed by atoms with Gasteiger partial charge in [0.2, 0.25) is 0 Å². The maximum Gasteiger partial charge on any atom is 2.00 e. The number of benzene rings is 1. The number of rotatable bonds is 2.